The first kappa shape index (κ1) is 11.8. The summed E-state index contributed by atoms with van der Waals surface area (Å²) in [6, 6.07) is 10.2. The third kappa shape index (κ3) is 1.87. The lowest BCUT2D eigenvalue weighted by molar-refractivity contribution is 0.604. The summed E-state index contributed by atoms with van der Waals surface area (Å²) >= 11 is 0. The topological polar surface area (TPSA) is 52.0 Å². The minimum Gasteiger partial charge on any atom is -0.444 e. The quantitative estimate of drug-likeness (QED) is 0.743. The summed E-state index contributed by atoms with van der Waals surface area (Å²) in [5.74, 6) is 0.376. The van der Waals surface area contributed by atoms with E-state index in [1.807, 2.05) is 24.4 Å². The highest BCUT2D eigenvalue weighted by Gasteiger charge is 2.17. The highest BCUT2D eigenvalue weighted by molar-refractivity contribution is 6.01. The average Bonchev–Trinajstić information content (AvgIpc) is 2.80. The summed E-state index contributed by atoms with van der Waals surface area (Å²) in [5, 5.41) is 0.914. The first-order valence-electron chi connectivity index (χ1n) is 6.39. The summed E-state index contributed by atoms with van der Waals surface area (Å²) in [4.78, 5) is 4.36. The molecule has 0 atom stereocenters. The molecule has 2 N–H and O–H groups in total. The predicted molar refractivity (Wildman–Crippen MR) is 77.9 cm³/mol. The average molecular weight is 252 g/mol. The number of rotatable bonds is 2. The molecule has 0 saturated heterocycles. The number of furan rings is 1. The first-order valence-corrected chi connectivity index (χ1v) is 6.39. The number of pyridine rings is 1. The molecule has 2 heterocycles. The van der Waals surface area contributed by atoms with Crippen LogP contribution in [0.25, 0.3) is 22.2 Å². The van der Waals surface area contributed by atoms with Crippen LogP contribution in [0.5, 0.6) is 0 Å². The zero-order valence-electron chi connectivity index (χ0n) is 11.1. The van der Waals surface area contributed by atoms with Crippen molar-refractivity contribution in [2.24, 2.45) is 0 Å². The van der Waals surface area contributed by atoms with Gasteiger partial charge < -0.3 is 10.2 Å². The Morgan fingerprint density at radius 2 is 1.89 bits per heavy atom. The van der Waals surface area contributed by atoms with Crippen LogP contribution < -0.4 is 5.73 Å². The number of nitrogens with two attached hydrogens (primary N) is 1. The van der Waals surface area contributed by atoms with Crippen LogP contribution in [-0.4, -0.2) is 4.98 Å². The van der Waals surface area contributed by atoms with E-state index in [1.54, 1.807) is 6.26 Å². The third-order valence-electron chi connectivity index (χ3n) is 3.34. The Hall–Kier alpha value is -2.29. The number of fused-ring (bicyclic) bond motifs is 1. The van der Waals surface area contributed by atoms with Crippen molar-refractivity contribution in [3.8, 4) is 11.1 Å². The lowest BCUT2D eigenvalue weighted by atomic mass is 9.92. The first-order chi connectivity index (χ1) is 9.18. The van der Waals surface area contributed by atoms with Gasteiger partial charge in [0, 0.05) is 11.8 Å². The van der Waals surface area contributed by atoms with Crippen LogP contribution in [0.1, 0.15) is 25.3 Å². The smallest absolute Gasteiger partial charge is 0.228 e. The molecule has 2 aromatic heterocycles. The van der Waals surface area contributed by atoms with E-state index in [9.17, 15) is 0 Å². The summed E-state index contributed by atoms with van der Waals surface area (Å²) in [5.41, 5.74) is 10.8. The zero-order valence-corrected chi connectivity index (χ0v) is 11.1. The van der Waals surface area contributed by atoms with Gasteiger partial charge in [-0.1, -0.05) is 44.2 Å². The third-order valence-corrected chi connectivity index (χ3v) is 3.34. The Labute approximate surface area is 112 Å². The molecule has 0 spiro atoms. The van der Waals surface area contributed by atoms with Crippen molar-refractivity contribution in [2.75, 3.05) is 5.73 Å². The van der Waals surface area contributed by atoms with Crippen molar-refractivity contribution in [3.63, 3.8) is 0 Å². The van der Waals surface area contributed by atoms with Gasteiger partial charge in [0.15, 0.2) is 0 Å². The fourth-order valence-electron chi connectivity index (χ4n) is 2.40. The van der Waals surface area contributed by atoms with Gasteiger partial charge in [0.25, 0.3) is 0 Å². The molecule has 0 aliphatic rings. The minimum atomic E-state index is 0.376. The monoisotopic (exact) mass is 252 g/mol. The Morgan fingerprint density at radius 3 is 2.58 bits per heavy atom. The van der Waals surface area contributed by atoms with Crippen molar-refractivity contribution in [1.29, 1.82) is 0 Å². The summed E-state index contributed by atoms with van der Waals surface area (Å²) in [7, 11) is 0. The summed E-state index contributed by atoms with van der Waals surface area (Å²) in [6.45, 7) is 4.32. The van der Waals surface area contributed by atoms with Crippen LogP contribution in [0.4, 0.5) is 5.69 Å². The molecule has 3 nitrogen and oxygen atoms in total. The fourth-order valence-corrected chi connectivity index (χ4v) is 2.40. The van der Waals surface area contributed by atoms with Crippen molar-refractivity contribution in [1.82, 2.24) is 4.98 Å². The van der Waals surface area contributed by atoms with E-state index in [-0.39, 0.29) is 0 Å². The van der Waals surface area contributed by atoms with Crippen molar-refractivity contribution < 1.29 is 4.42 Å². The largest absolute Gasteiger partial charge is 0.444 e. The van der Waals surface area contributed by atoms with Crippen molar-refractivity contribution >= 4 is 16.8 Å². The van der Waals surface area contributed by atoms with Crippen molar-refractivity contribution in [2.45, 2.75) is 19.8 Å². The maximum Gasteiger partial charge on any atom is 0.228 e. The second-order valence-electron chi connectivity index (χ2n) is 4.98. The van der Waals surface area contributed by atoms with Gasteiger partial charge in [-0.15, -0.1) is 0 Å². The van der Waals surface area contributed by atoms with Gasteiger partial charge in [-0.2, -0.15) is 0 Å². The zero-order chi connectivity index (χ0) is 13.4. The normalized spacial score (nSPS) is 11.3. The van der Waals surface area contributed by atoms with Crippen LogP contribution >= 0.6 is 0 Å². The Morgan fingerprint density at radius 1 is 1.16 bits per heavy atom. The number of nitrogen functional groups attached to an aromatic ring is 1. The highest BCUT2D eigenvalue weighted by Crippen LogP contribution is 2.38. The van der Waals surface area contributed by atoms with Gasteiger partial charge in [0.2, 0.25) is 5.71 Å². The fraction of sp³-hybridized carbons (Fsp3) is 0.188. The Kier molecular flexibility index (Phi) is 2.75. The predicted octanol–water partition coefficient (Wildman–Crippen LogP) is 4.20. The molecular weight excluding hydrogens is 236 g/mol. The van der Waals surface area contributed by atoms with E-state index in [0.717, 1.165) is 16.5 Å². The van der Waals surface area contributed by atoms with Gasteiger partial charge in [-0.05, 0) is 17.0 Å². The molecule has 19 heavy (non-hydrogen) atoms. The number of hydrogen-bond acceptors (Lipinski definition) is 3. The second-order valence-corrected chi connectivity index (χ2v) is 4.98. The van der Waals surface area contributed by atoms with Crippen LogP contribution in [-0.2, 0) is 0 Å². The molecule has 0 saturated carbocycles. The molecule has 0 fully saturated rings. The van der Waals surface area contributed by atoms with E-state index in [0.29, 0.717) is 17.3 Å². The minimum absolute atomic E-state index is 0.376. The molecule has 3 aromatic rings. The van der Waals surface area contributed by atoms with Gasteiger partial charge in [-0.25, -0.2) is 4.98 Å². The van der Waals surface area contributed by atoms with E-state index < -0.39 is 0 Å². The highest BCUT2D eigenvalue weighted by atomic mass is 16.3. The standard InChI is InChI=1S/C16H16N2O/c1-10(2)12-8-18-16-15(13(17)9-19-16)14(12)11-6-4-3-5-7-11/h3-10H,17H2,1-2H3. The molecular formula is C16H16N2O. The summed E-state index contributed by atoms with van der Waals surface area (Å²) in [6.07, 6.45) is 3.45. The lowest BCUT2D eigenvalue weighted by Gasteiger charge is -2.13. The molecule has 3 rings (SSSR count). The lowest BCUT2D eigenvalue weighted by Crippen LogP contribution is -1.96. The number of aromatic nitrogens is 1. The van der Waals surface area contributed by atoms with E-state index in [2.05, 4.69) is 31.0 Å². The molecule has 96 valence electrons. The number of anilines is 1. The van der Waals surface area contributed by atoms with Crippen molar-refractivity contribution in [3.05, 3.63) is 48.4 Å². The molecule has 1 aromatic carbocycles. The second kappa shape index (κ2) is 4.43. The van der Waals surface area contributed by atoms with E-state index in [4.69, 9.17) is 10.2 Å². The molecule has 0 aliphatic carbocycles. The Bertz CT molecular complexity index is 714. The van der Waals surface area contributed by atoms with Gasteiger partial charge >= 0.3 is 0 Å². The number of hydrogen-bond donors (Lipinski definition) is 1. The molecule has 0 unspecified atom stereocenters. The molecule has 0 radical (unpaired) electrons. The molecule has 0 amide bonds. The van der Waals surface area contributed by atoms with Gasteiger partial charge in [0.1, 0.15) is 6.26 Å². The molecule has 0 aliphatic heterocycles. The van der Waals surface area contributed by atoms with E-state index >= 15 is 0 Å². The summed E-state index contributed by atoms with van der Waals surface area (Å²) < 4.78 is 5.41. The number of benzene rings is 1. The SMILES string of the molecule is CC(C)c1cnc2occ(N)c2c1-c1ccccc1. The molecule has 0 bridgehead atoms. The number of nitrogens with zero attached hydrogens (tertiary/aromatic N) is 1. The Balaban J connectivity index is 2.41. The maximum absolute atomic E-state index is 6.05. The van der Waals surface area contributed by atoms with Crippen LogP contribution in [0, 0.1) is 0 Å². The molecule has 3 heteroatoms. The van der Waals surface area contributed by atoms with Crippen LogP contribution in [0.2, 0.25) is 0 Å². The van der Waals surface area contributed by atoms with Crippen LogP contribution in [0.3, 0.4) is 0 Å². The van der Waals surface area contributed by atoms with Gasteiger partial charge in [-0.3, -0.25) is 0 Å². The maximum atomic E-state index is 6.05. The van der Waals surface area contributed by atoms with Gasteiger partial charge in [0.05, 0.1) is 11.1 Å². The van der Waals surface area contributed by atoms with Crippen LogP contribution in [0.15, 0.2) is 47.2 Å². The van der Waals surface area contributed by atoms with E-state index in [1.165, 1.54) is 5.56 Å².